The number of likely N-dealkylation sites (N-methyl/N-ethyl adjacent to an activating group) is 1. The number of para-hydroxylation sites is 1. The van der Waals surface area contributed by atoms with E-state index < -0.39 is 22.1 Å². The molecular weight excluding hydrogens is 392 g/mol. The van der Waals surface area contributed by atoms with Crippen LogP contribution in [0.2, 0.25) is 0 Å². The maximum absolute atomic E-state index is 13.3. The molecule has 1 atom stereocenters. The van der Waals surface area contributed by atoms with Crippen molar-refractivity contribution < 1.29 is 22.7 Å². The number of carbonyl (C=O) groups is 2. The van der Waals surface area contributed by atoms with Gasteiger partial charge in [0, 0.05) is 20.6 Å². The lowest BCUT2D eigenvalue weighted by atomic mass is 10.0. The second-order valence-corrected chi connectivity index (χ2v) is 8.98. The average Bonchev–Trinajstić information content (AvgIpc) is 2.72. The van der Waals surface area contributed by atoms with Crippen molar-refractivity contribution in [2.24, 2.45) is 0 Å². The lowest BCUT2D eigenvalue weighted by molar-refractivity contribution is -0.137. The Kier molecular flexibility index (Phi) is 5.93. The highest BCUT2D eigenvalue weighted by molar-refractivity contribution is 7.92. The van der Waals surface area contributed by atoms with Crippen molar-refractivity contribution in [3.8, 4) is 0 Å². The van der Waals surface area contributed by atoms with E-state index in [0.717, 1.165) is 18.4 Å². The Morgan fingerprint density at radius 3 is 2.55 bits per heavy atom. The minimum atomic E-state index is -3.84. The summed E-state index contributed by atoms with van der Waals surface area (Å²) in [6.45, 7) is 1.86. The van der Waals surface area contributed by atoms with E-state index in [0.29, 0.717) is 12.2 Å². The number of hydrogen-bond donors (Lipinski definition) is 0. The minimum absolute atomic E-state index is 0.00948. The van der Waals surface area contributed by atoms with Gasteiger partial charge < -0.3 is 9.64 Å². The Morgan fingerprint density at radius 1 is 1.10 bits per heavy atom. The Bertz CT molecular complexity index is 1030. The van der Waals surface area contributed by atoms with Gasteiger partial charge in [-0.2, -0.15) is 0 Å². The zero-order valence-electron chi connectivity index (χ0n) is 16.7. The van der Waals surface area contributed by atoms with Crippen molar-refractivity contribution in [1.82, 2.24) is 4.90 Å². The monoisotopic (exact) mass is 416 g/mol. The van der Waals surface area contributed by atoms with Gasteiger partial charge in [0.15, 0.2) is 6.10 Å². The van der Waals surface area contributed by atoms with Crippen molar-refractivity contribution >= 4 is 27.6 Å². The van der Waals surface area contributed by atoms with Crippen LogP contribution < -0.4 is 4.31 Å². The summed E-state index contributed by atoms with van der Waals surface area (Å²) in [6, 6.07) is 13.1. The summed E-state index contributed by atoms with van der Waals surface area (Å²) in [4.78, 5) is 25.7. The first-order valence-electron chi connectivity index (χ1n) is 9.34. The van der Waals surface area contributed by atoms with Gasteiger partial charge >= 0.3 is 5.97 Å². The summed E-state index contributed by atoms with van der Waals surface area (Å²) in [7, 11) is -0.708. The molecule has 154 valence electrons. The molecule has 0 fully saturated rings. The number of amides is 1. The number of rotatable bonds is 5. The molecule has 0 saturated heterocycles. The largest absolute Gasteiger partial charge is 0.449 e. The third-order valence-electron chi connectivity index (χ3n) is 4.80. The van der Waals surface area contributed by atoms with Crippen molar-refractivity contribution in [1.29, 1.82) is 0 Å². The van der Waals surface area contributed by atoms with E-state index in [1.54, 1.807) is 20.2 Å². The first kappa shape index (κ1) is 20.9. The molecule has 3 rings (SSSR count). The molecular formula is C21H24N2O5S. The van der Waals surface area contributed by atoms with Gasteiger partial charge in [-0.1, -0.05) is 24.3 Å². The second-order valence-electron chi connectivity index (χ2n) is 7.12. The Morgan fingerprint density at radius 2 is 1.83 bits per heavy atom. The summed E-state index contributed by atoms with van der Waals surface area (Å²) in [6.07, 6.45) is 0.584. The maximum Gasteiger partial charge on any atom is 0.338 e. The second kappa shape index (κ2) is 8.24. The summed E-state index contributed by atoms with van der Waals surface area (Å²) >= 11 is 0. The van der Waals surface area contributed by atoms with Crippen LogP contribution >= 0.6 is 0 Å². The van der Waals surface area contributed by atoms with Crippen molar-refractivity contribution in [2.75, 3.05) is 24.9 Å². The molecule has 1 aliphatic rings. The van der Waals surface area contributed by atoms with Crippen LogP contribution in [0.25, 0.3) is 0 Å². The van der Waals surface area contributed by atoms with Crippen molar-refractivity contribution in [2.45, 2.75) is 30.8 Å². The Labute approximate surface area is 170 Å². The summed E-state index contributed by atoms with van der Waals surface area (Å²) in [5.41, 5.74) is 1.72. The van der Waals surface area contributed by atoms with Crippen LogP contribution in [0.5, 0.6) is 0 Å². The third kappa shape index (κ3) is 4.27. The number of hydrogen-bond acceptors (Lipinski definition) is 5. The number of sulfonamides is 1. The standard InChI is InChI=1S/C21H24N2O5S/c1-15(20(24)22(2)3)28-21(25)17-9-6-11-18(14-17)29(26,27)23-13-7-10-16-8-4-5-12-19(16)23/h4-6,8-9,11-12,14-15H,7,10,13H2,1-3H3/t15-/m1/s1. The lowest BCUT2D eigenvalue weighted by Gasteiger charge is -2.30. The van der Waals surface area contributed by atoms with Crippen LogP contribution in [0.4, 0.5) is 5.69 Å². The summed E-state index contributed by atoms with van der Waals surface area (Å²) in [5.74, 6) is -1.10. The number of esters is 1. The highest BCUT2D eigenvalue weighted by Gasteiger charge is 2.30. The number of anilines is 1. The maximum atomic E-state index is 13.3. The van der Waals surface area contributed by atoms with Crippen molar-refractivity contribution in [3.63, 3.8) is 0 Å². The molecule has 0 unspecified atom stereocenters. The average molecular weight is 416 g/mol. The molecule has 29 heavy (non-hydrogen) atoms. The van der Waals surface area contributed by atoms with E-state index in [2.05, 4.69) is 0 Å². The van der Waals surface area contributed by atoms with E-state index in [9.17, 15) is 18.0 Å². The van der Waals surface area contributed by atoms with Crippen LogP contribution in [0, 0.1) is 0 Å². The number of ether oxygens (including phenoxy) is 1. The third-order valence-corrected chi connectivity index (χ3v) is 6.61. The van der Waals surface area contributed by atoms with Crippen molar-refractivity contribution in [3.05, 3.63) is 59.7 Å². The predicted molar refractivity (Wildman–Crippen MR) is 109 cm³/mol. The topological polar surface area (TPSA) is 84.0 Å². The van der Waals surface area contributed by atoms with Gasteiger partial charge in [-0.15, -0.1) is 0 Å². The smallest absolute Gasteiger partial charge is 0.338 e. The molecule has 2 aromatic rings. The summed E-state index contributed by atoms with van der Waals surface area (Å²) in [5, 5.41) is 0. The minimum Gasteiger partial charge on any atom is -0.449 e. The number of aryl methyl sites for hydroxylation is 1. The zero-order valence-corrected chi connectivity index (χ0v) is 17.5. The van der Waals surface area contributed by atoms with Gasteiger partial charge in [0.05, 0.1) is 16.1 Å². The zero-order chi connectivity index (χ0) is 21.2. The van der Waals surface area contributed by atoms with Gasteiger partial charge in [0.1, 0.15) is 0 Å². The Hall–Kier alpha value is -2.87. The molecule has 0 N–H and O–H groups in total. The van der Waals surface area contributed by atoms with E-state index in [1.807, 2.05) is 18.2 Å². The van der Waals surface area contributed by atoms with Gasteiger partial charge in [-0.05, 0) is 49.6 Å². The SMILES string of the molecule is C[C@@H](OC(=O)c1cccc(S(=O)(=O)N2CCCc3ccccc32)c1)C(=O)N(C)C. The first-order valence-corrected chi connectivity index (χ1v) is 10.8. The molecule has 8 heteroatoms. The molecule has 1 amide bonds. The molecule has 0 aromatic heterocycles. The molecule has 0 saturated carbocycles. The molecule has 0 spiro atoms. The number of carbonyl (C=O) groups excluding carboxylic acids is 2. The molecule has 0 aliphatic carbocycles. The van der Waals surface area contributed by atoms with Crippen LogP contribution in [0.1, 0.15) is 29.3 Å². The molecule has 0 radical (unpaired) electrons. The number of benzene rings is 2. The van der Waals surface area contributed by atoms with Gasteiger partial charge in [-0.3, -0.25) is 9.10 Å². The molecule has 1 aliphatic heterocycles. The normalized spacial score (nSPS) is 14.7. The molecule has 1 heterocycles. The van der Waals surface area contributed by atoms with E-state index in [-0.39, 0.29) is 16.4 Å². The van der Waals surface area contributed by atoms with E-state index in [4.69, 9.17) is 4.74 Å². The highest BCUT2D eigenvalue weighted by atomic mass is 32.2. The van der Waals surface area contributed by atoms with E-state index in [1.165, 1.54) is 40.4 Å². The fourth-order valence-corrected chi connectivity index (χ4v) is 4.89. The lowest BCUT2D eigenvalue weighted by Crippen LogP contribution is -2.36. The van der Waals surface area contributed by atoms with Crippen LogP contribution in [0.15, 0.2) is 53.4 Å². The first-order chi connectivity index (χ1) is 13.7. The van der Waals surface area contributed by atoms with Crippen LogP contribution in [-0.4, -0.2) is 51.9 Å². The highest BCUT2D eigenvalue weighted by Crippen LogP contribution is 2.32. The quantitative estimate of drug-likeness (QED) is 0.699. The van der Waals surface area contributed by atoms with Crippen LogP contribution in [-0.2, 0) is 26.0 Å². The molecule has 0 bridgehead atoms. The fourth-order valence-electron chi connectivity index (χ4n) is 3.30. The van der Waals surface area contributed by atoms with Crippen LogP contribution in [0.3, 0.4) is 0 Å². The van der Waals surface area contributed by atoms with Gasteiger partial charge in [0.25, 0.3) is 15.9 Å². The van der Waals surface area contributed by atoms with E-state index >= 15 is 0 Å². The van der Waals surface area contributed by atoms with Gasteiger partial charge in [0.2, 0.25) is 0 Å². The number of nitrogens with zero attached hydrogens (tertiary/aromatic N) is 2. The number of fused-ring (bicyclic) bond motifs is 1. The predicted octanol–water partition coefficient (Wildman–Crippen LogP) is 2.46. The summed E-state index contributed by atoms with van der Waals surface area (Å²) < 4.78 is 33.1. The Balaban J connectivity index is 1.88. The fraction of sp³-hybridized carbons (Fsp3) is 0.333. The molecule has 7 nitrogen and oxygen atoms in total. The van der Waals surface area contributed by atoms with Gasteiger partial charge in [-0.25, -0.2) is 13.2 Å². The molecule has 2 aromatic carbocycles.